The summed E-state index contributed by atoms with van der Waals surface area (Å²) >= 11 is 0. The summed E-state index contributed by atoms with van der Waals surface area (Å²) in [6, 6.07) is 2.64. The molecule has 0 amide bonds. The zero-order chi connectivity index (χ0) is 12.4. The molecule has 1 aliphatic rings. The number of aromatic carboxylic acids is 1. The van der Waals surface area contributed by atoms with Gasteiger partial charge >= 0.3 is 5.97 Å². The van der Waals surface area contributed by atoms with Crippen LogP contribution in [0.15, 0.2) is 16.9 Å². The number of carboxylic acids is 1. The Kier molecular flexibility index (Phi) is 3.17. The van der Waals surface area contributed by atoms with E-state index in [1.54, 1.807) is 0 Å². The zero-order valence-electron chi connectivity index (χ0n) is 9.77. The molecule has 0 radical (unpaired) electrons. The molecular weight excluding hydrogens is 220 g/mol. The largest absolute Gasteiger partial charge is 0.478 e. The lowest BCUT2D eigenvalue weighted by atomic mass is 9.99. The number of aromatic nitrogens is 1. The van der Waals surface area contributed by atoms with Crippen molar-refractivity contribution >= 4 is 11.8 Å². The predicted molar refractivity (Wildman–Crippen MR) is 64.6 cm³/mol. The van der Waals surface area contributed by atoms with Crippen LogP contribution in [0.4, 0.5) is 5.82 Å². The number of rotatable bonds is 2. The summed E-state index contributed by atoms with van der Waals surface area (Å²) in [4.78, 5) is 27.0. The molecule has 1 saturated heterocycles. The highest BCUT2D eigenvalue weighted by molar-refractivity contribution is 5.88. The second-order valence-electron chi connectivity index (χ2n) is 4.59. The lowest BCUT2D eigenvalue weighted by Gasteiger charge is -2.31. The first-order valence-corrected chi connectivity index (χ1v) is 5.79. The van der Waals surface area contributed by atoms with Gasteiger partial charge in [-0.25, -0.2) is 4.79 Å². The van der Waals surface area contributed by atoms with Crippen LogP contribution in [0, 0.1) is 5.92 Å². The van der Waals surface area contributed by atoms with Gasteiger partial charge in [0.1, 0.15) is 5.82 Å². The highest BCUT2D eigenvalue weighted by atomic mass is 16.4. The number of pyridine rings is 1. The normalized spacial score (nSPS) is 17.1. The Morgan fingerprint density at radius 3 is 2.65 bits per heavy atom. The Labute approximate surface area is 99.1 Å². The van der Waals surface area contributed by atoms with Crippen molar-refractivity contribution in [3.63, 3.8) is 0 Å². The fourth-order valence-corrected chi connectivity index (χ4v) is 2.07. The molecule has 2 rings (SSSR count). The van der Waals surface area contributed by atoms with Gasteiger partial charge in [0.2, 0.25) is 5.56 Å². The maximum absolute atomic E-state index is 11.4. The van der Waals surface area contributed by atoms with E-state index < -0.39 is 5.97 Å². The molecule has 1 aromatic heterocycles. The van der Waals surface area contributed by atoms with Gasteiger partial charge < -0.3 is 15.0 Å². The van der Waals surface area contributed by atoms with Gasteiger partial charge in [0.05, 0.1) is 5.56 Å². The lowest BCUT2D eigenvalue weighted by Crippen LogP contribution is -2.34. The third-order valence-electron chi connectivity index (χ3n) is 3.20. The summed E-state index contributed by atoms with van der Waals surface area (Å²) in [7, 11) is 0. The van der Waals surface area contributed by atoms with Gasteiger partial charge in [-0.1, -0.05) is 6.92 Å². The highest BCUT2D eigenvalue weighted by Crippen LogP contribution is 2.20. The van der Waals surface area contributed by atoms with Crippen molar-refractivity contribution in [3.8, 4) is 0 Å². The molecule has 0 aromatic carbocycles. The van der Waals surface area contributed by atoms with Crippen molar-refractivity contribution in [1.82, 2.24) is 4.98 Å². The molecule has 0 aliphatic carbocycles. The average molecular weight is 236 g/mol. The van der Waals surface area contributed by atoms with E-state index in [9.17, 15) is 9.59 Å². The Bertz CT molecular complexity index is 473. The third-order valence-corrected chi connectivity index (χ3v) is 3.20. The second kappa shape index (κ2) is 4.61. The van der Waals surface area contributed by atoms with Crippen molar-refractivity contribution in [2.24, 2.45) is 5.92 Å². The Balaban J connectivity index is 2.26. The van der Waals surface area contributed by atoms with Crippen molar-refractivity contribution in [1.29, 1.82) is 0 Å². The van der Waals surface area contributed by atoms with E-state index in [0.29, 0.717) is 11.7 Å². The summed E-state index contributed by atoms with van der Waals surface area (Å²) in [6.07, 6.45) is 2.14. The highest BCUT2D eigenvalue weighted by Gasteiger charge is 2.17. The molecule has 92 valence electrons. The number of carbonyl (C=O) groups is 1. The molecule has 1 fully saturated rings. The maximum Gasteiger partial charge on any atom is 0.336 e. The standard InChI is InChI=1S/C12H16N2O3/c1-8-2-4-14(5-3-8)10-6-9(12(16)17)7-11(15)13-10/h6-8H,2-5H2,1H3,(H,13,15)(H,16,17). The SMILES string of the molecule is CC1CCN(c2cc(C(=O)O)cc(=O)[nH]2)CC1. The van der Waals surface area contributed by atoms with E-state index in [-0.39, 0.29) is 11.1 Å². The molecule has 2 N–H and O–H groups in total. The summed E-state index contributed by atoms with van der Waals surface area (Å²) in [5.41, 5.74) is -0.319. The Morgan fingerprint density at radius 1 is 1.41 bits per heavy atom. The minimum Gasteiger partial charge on any atom is -0.478 e. The van der Waals surface area contributed by atoms with Gasteiger partial charge in [0.15, 0.2) is 0 Å². The van der Waals surface area contributed by atoms with E-state index in [1.165, 1.54) is 6.07 Å². The smallest absolute Gasteiger partial charge is 0.336 e. The van der Waals surface area contributed by atoms with Crippen LogP contribution in [0.2, 0.25) is 0 Å². The summed E-state index contributed by atoms with van der Waals surface area (Å²) in [6.45, 7) is 3.92. The number of nitrogens with zero attached hydrogens (tertiary/aromatic N) is 1. The monoisotopic (exact) mass is 236 g/mol. The van der Waals surface area contributed by atoms with Crippen LogP contribution < -0.4 is 10.5 Å². The van der Waals surface area contributed by atoms with E-state index >= 15 is 0 Å². The van der Waals surface area contributed by atoms with Crippen molar-refractivity contribution in [3.05, 3.63) is 28.0 Å². The fourth-order valence-electron chi connectivity index (χ4n) is 2.07. The van der Waals surface area contributed by atoms with Gasteiger partial charge in [-0.2, -0.15) is 0 Å². The number of carboxylic acid groups (broad SMARTS) is 1. The Hall–Kier alpha value is -1.78. The van der Waals surface area contributed by atoms with Gasteiger partial charge in [0.25, 0.3) is 0 Å². The van der Waals surface area contributed by atoms with Crippen molar-refractivity contribution in [2.75, 3.05) is 18.0 Å². The number of anilines is 1. The second-order valence-corrected chi connectivity index (χ2v) is 4.59. The number of aromatic amines is 1. The summed E-state index contributed by atoms with van der Waals surface area (Å²) in [5.74, 6) is 0.241. The quantitative estimate of drug-likeness (QED) is 0.812. The molecule has 0 saturated carbocycles. The average Bonchev–Trinajstić information content (AvgIpc) is 2.29. The molecular formula is C12H16N2O3. The number of hydrogen-bond acceptors (Lipinski definition) is 3. The van der Waals surface area contributed by atoms with Crippen LogP contribution in [0.3, 0.4) is 0 Å². The summed E-state index contributed by atoms with van der Waals surface area (Å²) < 4.78 is 0. The number of hydrogen-bond donors (Lipinski definition) is 2. The topological polar surface area (TPSA) is 73.4 Å². The minimum absolute atomic E-state index is 0.0439. The van der Waals surface area contributed by atoms with Crippen molar-refractivity contribution in [2.45, 2.75) is 19.8 Å². The molecule has 0 bridgehead atoms. The van der Waals surface area contributed by atoms with Gasteiger partial charge in [0, 0.05) is 19.2 Å². The van der Waals surface area contributed by atoms with Crippen LogP contribution in [0.1, 0.15) is 30.1 Å². The number of piperidine rings is 1. The molecule has 17 heavy (non-hydrogen) atoms. The molecule has 0 atom stereocenters. The molecule has 2 heterocycles. The lowest BCUT2D eigenvalue weighted by molar-refractivity contribution is 0.0696. The van der Waals surface area contributed by atoms with E-state index in [1.807, 2.05) is 4.90 Å². The van der Waals surface area contributed by atoms with Crippen LogP contribution in [-0.4, -0.2) is 29.1 Å². The Morgan fingerprint density at radius 2 is 2.06 bits per heavy atom. The molecule has 0 spiro atoms. The van der Waals surface area contributed by atoms with E-state index in [0.717, 1.165) is 32.0 Å². The van der Waals surface area contributed by atoms with Crippen molar-refractivity contribution < 1.29 is 9.90 Å². The van der Waals surface area contributed by atoms with Crippen LogP contribution in [0.5, 0.6) is 0 Å². The van der Waals surface area contributed by atoms with Crippen LogP contribution >= 0.6 is 0 Å². The third kappa shape index (κ3) is 2.67. The predicted octanol–water partition coefficient (Wildman–Crippen LogP) is 1.31. The summed E-state index contributed by atoms with van der Waals surface area (Å²) in [5, 5.41) is 8.90. The number of H-pyrrole nitrogens is 1. The molecule has 1 aliphatic heterocycles. The maximum atomic E-state index is 11.4. The molecule has 1 aromatic rings. The van der Waals surface area contributed by atoms with E-state index in [4.69, 9.17) is 5.11 Å². The first-order chi connectivity index (χ1) is 8.06. The van der Waals surface area contributed by atoms with Crippen LogP contribution in [0.25, 0.3) is 0 Å². The number of nitrogens with one attached hydrogen (secondary N) is 1. The molecule has 0 unspecified atom stereocenters. The molecule has 5 nitrogen and oxygen atoms in total. The van der Waals surface area contributed by atoms with Crippen LogP contribution in [-0.2, 0) is 0 Å². The molecule has 5 heteroatoms. The minimum atomic E-state index is -1.07. The van der Waals surface area contributed by atoms with E-state index in [2.05, 4.69) is 11.9 Å². The first kappa shape index (κ1) is 11.7. The first-order valence-electron chi connectivity index (χ1n) is 5.79. The van der Waals surface area contributed by atoms with Gasteiger partial charge in [-0.05, 0) is 24.8 Å². The zero-order valence-corrected chi connectivity index (χ0v) is 9.77. The van der Waals surface area contributed by atoms with Gasteiger partial charge in [-0.15, -0.1) is 0 Å². The fraction of sp³-hybridized carbons (Fsp3) is 0.500. The van der Waals surface area contributed by atoms with Gasteiger partial charge in [-0.3, -0.25) is 4.79 Å².